The summed E-state index contributed by atoms with van der Waals surface area (Å²) >= 11 is 0. The number of hydrogen-bond donors (Lipinski definition) is 1. The summed E-state index contributed by atoms with van der Waals surface area (Å²) in [5.41, 5.74) is 0.976. The van der Waals surface area contributed by atoms with Crippen LogP contribution in [0.3, 0.4) is 0 Å². The second-order valence-electron chi connectivity index (χ2n) is 3.56. The van der Waals surface area contributed by atoms with Crippen LogP contribution in [0.4, 0.5) is 0 Å². The number of aliphatic hydroxyl groups is 1. The lowest BCUT2D eigenvalue weighted by Gasteiger charge is -2.25. The molecule has 2 atom stereocenters. The zero-order valence-corrected chi connectivity index (χ0v) is 8.44. The van der Waals surface area contributed by atoms with Crippen LogP contribution in [0.2, 0.25) is 0 Å². The van der Waals surface area contributed by atoms with Gasteiger partial charge in [0.1, 0.15) is 0 Å². The van der Waals surface area contributed by atoms with Crippen molar-refractivity contribution in [1.82, 2.24) is 4.90 Å². The minimum atomic E-state index is -0.406. The highest BCUT2D eigenvalue weighted by molar-refractivity contribution is 5.18. The van der Waals surface area contributed by atoms with Crippen LogP contribution in [0.1, 0.15) is 18.6 Å². The van der Waals surface area contributed by atoms with Crippen molar-refractivity contribution in [2.45, 2.75) is 19.1 Å². The third-order valence-corrected chi connectivity index (χ3v) is 2.41. The Morgan fingerprint density at radius 3 is 2.15 bits per heavy atom. The Balaban J connectivity index is 2.73. The highest BCUT2D eigenvalue weighted by Crippen LogP contribution is 2.18. The van der Waals surface area contributed by atoms with Gasteiger partial charge < -0.3 is 10.0 Å². The van der Waals surface area contributed by atoms with E-state index >= 15 is 0 Å². The van der Waals surface area contributed by atoms with Gasteiger partial charge in [0.05, 0.1) is 6.10 Å². The van der Waals surface area contributed by atoms with Gasteiger partial charge in [-0.1, -0.05) is 30.3 Å². The zero-order valence-electron chi connectivity index (χ0n) is 8.44. The van der Waals surface area contributed by atoms with Gasteiger partial charge in [0.25, 0.3) is 0 Å². The van der Waals surface area contributed by atoms with Gasteiger partial charge in [-0.05, 0) is 26.6 Å². The molecule has 0 aromatic heterocycles. The summed E-state index contributed by atoms with van der Waals surface area (Å²) in [6.45, 7) is 2.01. The van der Waals surface area contributed by atoms with Crippen molar-refractivity contribution in [3.05, 3.63) is 35.9 Å². The minimum absolute atomic E-state index is 0.141. The molecule has 2 heteroatoms. The summed E-state index contributed by atoms with van der Waals surface area (Å²) in [6, 6.07) is 9.88. The van der Waals surface area contributed by atoms with Gasteiger partial charge in [0.15, 0.2) is 0 Å². The van der Waals surface area contributed by atoms with E-state index < -0.39 is 6.10 Å². The van der Waals surface area contributed by atoms with Gasteiger partial charge in [-0.3, -0.25) is 0 Å². The Morgan fingerprint density at radius 2 is 1.69 bits per heavy atom. The van der Waals surface area contributed by atoms with Gasteiger partial charge in [0.2, 0.25) is 0 Å². The first-order chi connectivity index (χ1) is 6.13. The number of benzene rings is 1. The number of nitrogens with zero attached hydrogens (tertiary/aromatic N) is 1. The molecular formula is C11H17NO. The lowest BCUT2D eigenvalue weighted by atomic mass is 10.0. The van der Waals surface area contributed by atoms with Crippen molar-refractivity contribution in [1.29, 1.82) is 0 Å². The number of aliphatic hydroxyl groups excluding tert-OH is 1. The molecule has 0 bridgehead atoms. The van der Waals surface area contributed by atoms with E-state index in [1.54, 1.807) is 0 Å². The van der Waals surface area contributed by atoms with E-state index in [1.165, 1.54) is 0 Å². The van der Waals surface area contributed by atoms with E-state index in [-0.39, 0.29) is 6.04 Å². The van der Waals surface area contributed by atoms with Crippen LogP contribution in [0.15, 0.2) is 30.3 Å². The van der Waals surface area contributed by atoms with Crippen molar-refractivity contribution in [3.8, 4) is 0 Å². The Hall–Kier alpha value is -0.860. The second kappa shape index (κ2) is 4.40. The lowest BCUT2D eigenvalue weighted by molar-refractivity contribution is 0.0858. The van der Waals surface area contributed by atoms with Crippen LogP contribution in [0.5, 0.6) is 0 Å². The fraction of sp³-hybridized carbons (Fsp3) is 0.455. The molecule has 1 rings (SSSR count). The molecule has 1 unspecified atom stereocenters. The van der Waals surface area contributed by atoms with Crippen molar-refractivity contribution < 1.29 is 5.11 Å². The minimum Gasteiger partial charge on any atom is -0.387 e. The Kier molecular flexibility index (Phi) is 3.46. The summed E-state index contributed by atoms with van der Waals surface area (Å²) in [5.74, 6) is 0. The molecule has 0 amide bonds. The fourth-order valence-corrected chi connectivity index (χ4v) is 1.21. The lowest BCUT2D eigenvalue weighted by Crippen LogP contribution is -2.30. The average molecular weight is 179 g/mol. The third-order valence-electron chi connectivity index (χ3n) is 2.41. The van der Waals surface area contributed by atoms with Gasteiger partial charge in [-0.15, -0.1) is 0 Å². The molecular weight excluding hydrogens is 162 g/mol. The van der Waals surface area contributed by atoms with Crippen molar-refractivity contribution in [2.24, 2.45) is 0 Å². The van der Waals surface area contributed by atoms with E-state index in [4.69, 9.17) is 0 Å². The summed E-state index contributed by atoms with van der Waals surface area (Å²) in [7, 11) is 3.94. The van der Waals surface area contributed by atoms with E-state index in [9.17, 15) is 5.11 Å². The molecule has 1 aromatic carbocycles. The summed E-state index contributed by atoms with van der Waals surface area (Å²) in [6.07, 6.45) is -0.406. The van der Waals surface area contributed by atoms with Crippen LogP contribution in [-0.4, -0.2) is 30.1 Å². The molecule has 2 nitrogen and oxygen atoms in total. The van der Waals surface area contributed by atoms with Gasteiger partial charge in [-0.25, -0.2) is 0 Å². The maximum absolute atomic E-state index is 9.92. The maximum atomic E-state index is 9.92. The zero-order chi connectivity index (χ0) is 9.84. The number of hydrogen-bond acceptors (Lipinski definition) is 2. The normalized spacial score (nSPS) is 15.8. The predicted molar refractivity (Wildman–Crippen MR) is 54.6 cm³/mol. The molecule has 1 N–H and O–H groups in total. The molecule has 0 fully saturated rings. The van der Waals surface area contributed by atoms with Gasteiger partial charge >= 0.3 is 0 Å². The van der Waals surface area contributed by atoms with E-state index in [1.807, 2.05) is 56.3 Å². The topological polar surface area (TPSA) is 23.5 Å². The van der Waals surface area contributed by atoms with Gasteiger partial charge in [0, 0.05) is 6.04 Å². The molecule has 0 radical (unpaired) electrons. The Labute approximate surface area is 79.8 Å². The maximum Gasteiger partial charge on any atom is 0.0942 e. The fourth-order valence-electron chi connectivity index (χ4n) is 1.21. The smallest absolute Gasteiger partial charge is 0.0942 e. The number of likely N-dealkylation sites (N-methyl/N-ethyl adjacent to an activating group) is 1. The van der Waals surface area contributed by atoms with Gasteiger partial charge in [-0.2, -0.15) is 0 Å². The standard InChI is InChI=1S/C11H17NO/c1-9(12(2)3)11(13)10-7-5-4-6-8-10/h4-9,11,13H,1-3H3/t9-,11?/m0/s1. The first-order valence-corrected chi connectivity index (χ1v) is 4.52. The molecule has 1 aromatic rings. The van der Waals surface area contributed by atoms with Crippen LogP contribution in [-0.2, 0) is 0 Å². The monoisotopic (exact) mass is 179 g/mol. The molecule has 0 aliphatic carbocycles. The molecule has 0 aliphatic rings. The molecule has 0 saturated carbocycles. The quantitative estimate of drug-likeness (QED) is 0.763. The largest absolute Gasteiger partial charge is 0.387 e. The van der Waals surface area contributed by atoms with E-state index in [0.717, 1.165) is 5.56 Å². The predicted octanol–water partition coefficient (Wildman–Crippen LogP) is 1.67. The first-order valence-electron chi connectivity index (χ1n) is 4.52. The summed E-state index contributed by atoms with van der Waals surface area (Å²) < 4.78 is 0. The molecule has 72 valence electrons. The van der Waals surface area contributed by atoms with Crippen molar-refractivity contribution in [2.75, 3.05) is 14.1 Å². The van der Waals surface area contributed by atoms with Crippen LogP contribution < -0.4 is 0 Å². The van der Waals surface area contributed by atoms with Crippen molar-refractivity contribution >= 4 is 0 Å². The Morgan fingerprint density at radius 1 is 1.15 bits per heavy atom. The van der Waals surface area contributed by atoms with Crippen LogP contribution in [0, 0.1) is 0 Å². The summed E-state index contributed by atoms with van der Waals surface area (Å²) in [4.78, 5) is 2.01. The third kappa shape index (κ3) is 2.54. The van der Waals surface area contributed by atoms with E-state index in [0.29, 0.717) is 0 Å². The molecule has 0 saturated heterocycles. The highest BCUT2D eigenvalue weighted by Gasteiger charge is 2.17. The van der Waals surface area contributed by atoms with Crippen molar-refractivity contribution in [3.63, 3.8) is 0 Å². The second-order valence-corrected chi connectivity index (χ2v) is 3.56. The SMILES string of the molecule is C[C@@H](C(O)c1ccccc1)N(C)C. The highest BCUT2D eigenvalue weighted by atomic mass is 16.3. The summed E-state index contributed by atoms with van der Waals surface area (Å²) in [5, 5.41) is 9.92. The van der Waals surface area contributed by atoms with Crippen LogP contribution in [0.25, 0.3) is 0 Å². The van der Waals surface area contributed by atoms with E-state index in [2.05, 4.69) is 0 Å². The first kappa shape index (κ1) is 10.2. The van der Waals surface area contributed by atoms with Crippen LogP contribution >= 0.6 is 0 Å². The molecule has 0 spiro atoms. The molecule has 0 heterocycles. The number of rotatable bonds is 3. The average Bonchev–Trinajstić information content (AvgIpc) is 2.17. The molecule has 13 heavy (non-hydrogen) atoms. The molecule has 0 aliphatic heterocycles. The Bertz CT molecular complexity index is 246.